The van der Waals surface area contributed by atoms with Gasteiger partial charge in [0.1, 0.15) is 48.7 Å². The maximum absolute atomic E-state index is 12.6. The third-order valence-corrected chi connectivity index (χ3v) is 7.07. The van der Waals surface area contributed by atoms with Crippen LogP contribution in [-0.2, 0) is 0 Å². The highest BCUT2D eigenvalue weighted by molar-refractivity contribution is 9.12. The van der Waals surface area contributed by atoms with Gasteiger partial charge in [-0.1, -0.05) is 52.4 Å². The Morgan fingerprint density at radius 3 is 1.12 bits per heavy atom. The fourth-order valence-corrected chi connectivity index (χ4v) is 3.90. The molecule has 12 nitrogen and oxygen atoms in total. The number of allylic oxidation sites excluding steroid dienone is 6. The summed E-state index contributed by atoms with van der Waals surface area (Å²) in [6.45, 7) is 4.44. The molecule has 0 aromatic carbocycles. The topological polar surface area (TPSA) is 195 Å². The summed E-state index contributed by atoms with van der Waals surface area (Å²) >= 11 is 7.31. The van der Waals surface area contributed by atoms with Gasteiger partial charge in [0.2, 0.25) is 0 Å². The number of halogens is 12. The average molecular weight is 956 g/mol. The van der Waals surface area contributed by atoms with E-state index in [-0.39, 0.29) is 6.54 Å². The van der Waals surface area contributed by atoms with Crippen LogP contribution < -0.4 is 31.9 Å². The molecule has 24 heteroatoms. The Morgan fingerprint density at radius 2 is 0.827 bits per heavy atom. The third-order valence-electron chi connectivity index (χ3n) is 5.35. The highest BCUT2D eigenvalue weighted by Gasteiger charge is 2.39. The minimum Gasteiger partial charge on any atom is -0.341 e. The summed E-state index contributed by atoms with van der Waals surface area (Å²) < 4.78 is 109. The molecular weight excluding hydrogens is 921 g/mol. The van der Waals surface area contributed by atoms with E-state index >= 15 is 0 Å². The Kier molecular flexibility index (Phi) is 28.3. The number of nitrogens with zero attached hydrogens (tertiary/aromatic N) is 3. The Hall–Kier alpha value is -3.69. The molecule has 0 heterocycles. The van der Waals surface area contributed by atoms with Crippen LogP contribution in [0, 0.1) is 34.0 Å². The van der Waals surface area contributed by atoms with Gasteiger partial charge in [-0.25, -0.2) is 14.4 Å². The number of rotatable bonds is 13. The van der Waals surface area contributed by atoms with E-state index in [2.05, 4.69) is 65.3 Å². The van der Waals surface area contributed by atoms with Gasteiger partial charge in [0.25, 0.3) is 0 Å². The molecule has 0 spiro atoms. The first kappa shape index (κ1) is 52.7. The van der Waals surface area contributed by atoms with Crippen molar-refractivity contribution in [1.82, 2.24) is 31.9 Å². The van der Waals surface area contributed by atoms with Gasteiger partial charge in [-0.05, 0) is 60.6 Å². The van der Waals surface area contributed by atoms with Crippen LogP contribution in [-0.4, -0.2) is 56.8 Å². The van der Waals surface area contributed by atoms with E-state index in [4.69, 9.17) is 15.8 Å². The number of urea groups is 3. The van der Waals surface area contributed by atoms with E-state index in [0.717, 1.165) is 26.3 Å². The molecule has 0 fully saturated rings. The summed E-state index contributed by atoms with van der Waals surface area (Å²) in [6.07, 6.45) is -6.39. The summed E-state index contributed by atoms with van der Waals surface area (Å²) in [5.74, 6) is 0. The maximum atomic E-state index is 12.6. The van der Waals surface area contributed by atoms with Gasteiger partial charge in [-0.2, -0.15) is 55.3 Å². The zero-order valence-electron chi connectivity index (χ0n) is 27.7. The van der Waals surface area contributed by atoms with E-state index < -0.39 is 67.2 Å². The number of unbranched alkanes of at least 4 members (excludes halogenated alkanes) is 6. The largest absolute Gasteiger partial charge is 0.433 e. The van der Waals surface area contributed by atoms with Crippen LogP contribution in [0.4, 0.5) is 53.9 Å². The van der Waals surface area contributed by atoms with Crippen LogP contribution in [0.25, 0.3) is 0 Å². The van der Waals surface area contributed by atoms with Crippen molar-refractivity contribution in [2.75, 3.05) is 20.1 Å². The molecule has 0 atom stereocenters. The first-order chi connectivity index (χ1) is 24.0. The Morgan fingerprint density at radius 1 is 0.519 bits per heavy atom. The minimum atomic E-state index is -4.80. The van der Waals surface area contributed by atoms with Crippen molar-refractivity contribution in [3.05, 3.63) is 30.5 Å². The third kappa shape index (κ3) is 26.1. The highest BCUT2D eigenvalue weighted by atomic mass is 79.9. The molecule has 0 unspecified atom stereocenters. The summed E-state index contributed by atoms with van der Waals surface area (Å²) in [7, 11) is 1.16. The molecule has 0 radical (unpaired) electrons. The molecule has 0 aliphatic rings. The number of carbonyl (C=O) groups is 3. The van der Waals surface area contributed by atoms with Crippen LogP contribution in [0.1, 0.15) is 65.2 Å². The number of hydrogen-bond acceptors (Lipinski definition) is 6. The predicted octanol–water partition coefficient (Wildman–Crippen LogP) is 8.72. The van der Waals surface area contributed by atoms with Crippen molar-refractivity contribution in [2.24, 2.45) is 0 Å². The van der Waals surface area contributed by atoms with E-state index in [1.54, 1.807) is 17.6 Å². The standard InChI is InChI=1S/C14H21BrF3N3O.C8H9BrF3N3O.C6H5BrF3N3O/c1-2-3-4-5-6-7-8-9-20-13(22)21-12(11(15)10-19)14(16,17)18;1-2-3-14-7(16)15-6(5(9)4-13)8(10,11)12;1-12-5(14)13-4(3(7)2-11)6(8,9)10/h2-9H2,1H3,(H2,20,21,22);2-3H2,1H3,(H2,14,15,16);1H3,(H2,12,13,14). The van der Waals surface area contributed by atoms with Crippen LogP contribution in [0.3, 0.4) is 0 Å². The number of nitrogens with one attached hydrogen (secondary N) is 6. The predicted molar refractivity (Wildman–Crippen MR) is 182 cm³/mol. The maximum Gasteiger partial charge on any atom is 0.433 e. The van der Waals surface area contributed by atoms with Gasteiger partial charge >= 0.3 is 36.6 Å². The first-order valence-corrected chi connectivity index (χ1v) is 17.1. The highest BCUT2D eigenvalue weighted by Crippen LogP contribution is 2.30. The minimum absolute atomic E-state index is 0.251. The molecule has 0 aromatic rings. The summed E-state index contributed by atoms with van der Waals surface area (Å²) in [6, 6.07) is 0.796. The lowest BCUT2D eigenvalue weighted by Gasteiger charge is -2.14. The van der Waals surface area contributed by atoms with Gasteiger partial charge in [0.15, 0.2) is 0 Å². The molecule has 52 heavy (non-hydrogen) atoms. The quantitative estimate of drug-likeness (QED) is 0.0607. The number of alkyl halides is 9. The lowest BCUT2D eigenvalue weighted by atomic mass is 10.1. The van der Waals surface area contributed by atoms with Crippen molar-refractivity contribution in [2.45, 2.75) is 83.7 Å². The van der Waals surface area contributed by atoms with E-state index in [1.165, 1.54) is 42.8 Å². The zero-order valence-corrected chi connectivity index (χ0v) is 32.4. The summed E-state index contributed by atoms with van der Waals surface area (Å²) in [4.78, 5) is 33.0. The van der Waals surface area contributed by atoms with Crippen molar-refractivity contribution >= 4 is 65.9 Å². The monoisotopic (exact) mass is 953 g/mol. The molecule has 0 saturated carbocycles. The van der Waals surface area contributed by atoms with Crippen LogP contribution in [0.15, 0.2) is 30.5 Å². The van der Waals surface area contributed by atoms with E-state index in [9.17, 15) is 53.9 Å². The van der Waals surface area contributed by atoms with Crippen molar-refractivity contribution < 1.29 is 53.9 Å². The van der Waals surface area contributed by atoms with Gasteiger partial charge < -0.3 is 31.9 Å². The SMILES string of the molecule is CCCCCCCCCNC(=O)NC(=C(Br)C#N)C(F)(F)F.CCCNC(=O)NC(=C(Br)C#N)C(F)(F)F.CNC(=O)NC(=C(Br)C#N)C(F)(F)F. The molecule has 0 rings (SSSR count). The fourth-order valence-electron chi connectivity index (χ4n) is 2.93. The molecule has 0 aromatic heterocycles. The van der Waals surface area contributed by atoms with Crippen molar-refractivity contribution in [1.29, 1.82) is 15.8 Å². The fraction of sp³-hybridized carbons (Fsp3) is 0.571. The number of carbonyl (C=O) groups excluding carboxylic acids is 3. The zero-order chi connectivity index (χ0) is 41.1. The molecule has 0 aliphatic carbocycles. The van der Waals surface area contributed by atoms with Crippen molar-refractivity contribution in [3.8, 4) is 18.2 Å². The van der Waals surface area contributed by atoms with Crippen LogP contribution in [0.5, 0.6) is 0 Å². The molecule has 0 saturated heterocycles. The lowest BCUT2D eigenvalue weighted by Crippen LogP contribution is -2.40. The molecule has 0 bridgehead atoms. The molecule has 0 aliphatic heterocycles. The summed E-state index contributed by atoms with van der Waals surface area (Å²) in [5, 5.41) is 36.3. The average Bonchev–Trinajstić information content (AvgIpc) is 3.06. The molecule has 6 amide bonds. The first-order valence-electron chi connectivity index (χ1n) is 14.7. The lowest BCUT2D eigenvalue weighted by molar-refractivity contribution is -0.0963. The van der Waals surface area contributed by atoms with Gasteiger partial charge in [-0.3, -0.25) is 0 Å². The van der Waals surface area contributed by atoms with Crippen molar-refractivity contribution in [3.63, 3.8) is 0 Å². The van der Waals surface area contributed by atoms with E-state index in [0.29, 0.717) is 19.4 Å². The van der Waals surface area contributed by atoms with Crippen LogP contribution >= 0.6 is 47.8 Å². The normalized spacial score (nSPS) is 12.5. The van der Waals surface area contributed by atoms with E-state index in [1.807, 2.05) is 5.32 Å². The Balaban J connectivity index is -0.000000715. The second kappa shape index (κ2) is 27.9. The molecule has 6 N–H and O–H groups in total. The summed E-state index contributed by atoms with van der Waals surface area (Å²) in [5.41, 5.74) is -4.24. The van der Waals surface area contributed by atoms with Gasteiger partial charge in [0.05, 0.1) is 0 Å². The second-order valence-corrected chi connectivity index (χ2v) is 11.9. The van der Waals surface area contributed by atoms with Gasteiger partial charge in [-0.15, -0.1) is 0 Å². The second-order valence-electron chi connectivity index (χ2n) is 9.48. The molecule has 294 valence electrons. The number of amides is 6. The number of nitriles is 3. The molecular formula is C28H35Br3F9N9O3. The van der Waals surface area contributed by atoms with Gasteiger partial charge in [0, 0.05) is 20.1 Å². The Bertz CT molecular complexity index is 1380. The Labute approximate surface area is 319 Å². The van der Waals surface area contributed by atoms with Crippen LogP contribution in [0.2, 0.25) is 0 Å². The smallest absolute Gasteiger partial charge is 0.341 e. The number of hydrogen-bond donors (Lipinski definition) is 6.